The maximum Gasteiger partial charge on any atom is 0.0642 e. The lowest BCUT2D eigenvalue weighted by Gasteiger charge is -2.24. The molecule has 1 rings (SSSR count). The minimum atomic E-state index is 0.0528. The Morgan fingerprint density at radius 2 is 1.91 bits per heavy atom. The van der Waals surface area contributed by atoms with Crippen LogP contribution >= 0.6 is 0 Å². The lowest BCUT2D eigenvalue weighted by atomic mass is 10.0. The first kappa shape index (κ1) is 9.01. The van der Waals surface area contributed by atoms with Crippen molar-refractivity contribution in [1.82, 2.24) is 5.32 Å². The summed E-state index contributed by atoms with van der Waals surface area (Å²) in [6, 6.07) is 1.06. The zero-order valence-electron chi connectivity index (χ0n) is 7.98. The molecule has 1 saturated heterocycles. The molecule has 1 heterocycles. The normalized spacial score (nSPS) is 38.2. The van der Waals surface area contributed by atoms with E-state index in [1.807, 2.05) is 0 Å². The van der Waals surface area contributed by atoms with E-state index in [0.717, 1.165) is 13.0 Å². The van der Waals surface area contributed by atoms with Crippen LogP contribution < -0.4 is 5.32 Å². The summed E-state index contributed by atoms with van der Waals surface area (Å²) >= 11 is 0. The third-order valence-corrected chi connectivity index (χ3v) is 2.09. The van der Waals surface area contributed by atoms with Crippen LogP contribution in [0, 0.1) is 0 Å². The zero-order chi connectivity index (χ0) is 8.48. The molecule has 1 fully saturated rings. The second-order valence-corrected chi connectivity index (χ2v) is 4.24. The average Bonchev–Trinajstić information content (AvgIpc) is 1.90. The Balaban J connectivity index is 2.53. The molecule has 0 aromatic carbocycles. The van der Waals surface area contributed by atoms with Gasteiger partial charge >= 0.3 is 0 Å². The van der Waals surface area contributed by atoms with Gasteiger partial charge in [-0.3, -0.25) is 0 Å². The van der Waals surface area contributed by atoms with Gasteiger partial charge in [0.25, 0.3) is 0 Å². The van der Waals surface area contributed by atoms with Crippen LogP contribution in [0.5, 0.6) is 0 Å². The fourth-order valence-corrected chi connectivity index (χ4v) is 1.74. The Labute approximate surface area is 69.3 Å². The molecular weight excluding hydrogens is 138 g/mol. The summed E-state index contributed by atoms with van der Waals surface area (Å²) in [5.41, 5.74) is 0.0528. The van der Waals surface area contributed by atoms with Crippen molar-refractivity contribution < 1.29 is 4.74 Å². The van der Waals surface area contributed by atoms with Crippen LogP contribution in [0.4, 0.5) is 0 Å². The van der Waals surface area contributed by atoms with Gasteiger partial charge in [0.05, 0.1) is 12.2 Å². The quantitative estimate of drug-likeness (QED) is 0.576. The van der Waals surface area contributed by atoms with Crippen molar-refractivity contribution in [2.24, 2.45) is 0 Å². The number of ether oxygens (including phenoxy) is 1. The van der Waals surface area contributed by atoms with E-state index in [4.69, 9.17) is 4.74 Å². The first-order valence-electron chi connectivity index (χ1n) is 4.39. The number of nitrogens with one attached hydrogen (secondary N) is 1. The maximum absolute atomic E-state index is 5.71. The van der Waals surface area contributed by atoms with Crippen LogP contribution in [0.1, 0.15) is 34.1 Å². The topological polar surface area (TPSA) is 21.3 Å². The van der Waals surface area contributed by atoms with E-state index in [0.29, 0.717) is 12.1 Å². The van der Waals surface area contributed by atoms with Gasteiger partial charge in [0.2, 0.25) is 0 Å². The van der Waals surface area contributed by atoms with Crippen LogP contribution in [-0.4, -0.2) is 24.3 Å². The molecule has 0 spiro atoms. The average molecular weight is 157 g/mol. The van der Waals surface area contributed by atoms with E-state index in [1.54, 1.807) is 0 Å². The van der Waals surface area contributed by atoms with E-state index in [-0.39, 0.29) is 5.60 Å². The molecule has 2 unspecified atom stereocenters. The monoisotopic (exact) mass is 157 g/mol. The molecule has 1 aliphatic rings. The Morgan fingerprint density at radius 3 is 2.55 bits per heavy atom. The summed E-state index contributed by atoms with van der Waals surface area (Å²) in [5, 5.41) is 3.47. The molecule has 11 heavy (non-hydrogen) atoms. The van der Waals surface area contributed by atoms with Crippen LogP contribution in [0.15, 0.2) is 0 Å². The lowest BCUT2D eigenvalue weighted by Crippen LogP contribution is -2.35. The molecule has 0 aromatic rings. The van der Waals surface area contributed by atoms with Crippen LogP contribution in [-0.2, 0) is 4.74 Å². The number of rotatable bonds is 0. The fourth-order valence-electron chi connectivity index (χ4n) is 1.74. The SMILES string of the molecule is CC1COC(C)(C)CC(C)N1. The predicted molar refractivity (Wildman–Crippen MR) is 46.7 cm³/mol. The van der Waals surface area contributed by atoms with Gasteiger partial charge in [0.1, 0.15) is 0 Å². The Bertz CT molecular complexity index is 134. The molecule has 0 saturated carbocycles. The number of hydrogen-bond acceptors (Lipinski definition) is 2. The summed E-state index contributed by atoms with van der Waals surface area (Å²) < 4.78 is 5.71. The van der Waals surface area contributed by atoms with Crippen molar-refractivity contribution >= 4 is 0 Å². The van der Waals surface area contributed by atoms with Crippen molar-refractivity contribution in [3.8, 4) is 0 Å². The molecule has 2 nitrogen and oxygen atoms in total. The van der Waals surface area contributed by atoms with Gasteiger partial charge < -0.3 is 10.1 Å². The highest BCUT2D eigenvalue weighted by Gasteiger charge is 2.26. The summed E-state index contributed by atoms with van der Waals surface area (Å²) in [5.74, 6) is 0. The van der Waals surface area contributed by atoms with Crippen LogP contribution in [0.2, 0.25) is 0 Å². The molecule has 0 aliphatic carbocycles. The molecule has 0 radical (unpaired) electrons. The maximum atomic E-state index is 5.71. The van der Waals surface area contributed by atoms with Gasteiger partial charge in [0, 0.05) is 12.1 Å². The summed E-state index contributed by atoms with van der Waals surface area (Å²) in [4.78, 5) is 0. The molecule has 0 aromatic heterocycles. The summed E-state index contributed by atoms with van der Waals surface area (Å²) in [6.45, 7) is 9.52. The molecule has 2 heteroatoms. The van der Waals surface area contributed by atoms with E-state index < -0.39 is 0 Å². The zero-order valence-corrected chi connectivity index (χ0v) is 7.98. The van der Waals surface area contributed by atoms with Gasteiger partial charge in [-0.2, -0.15) is 0 Å². The van der Waals surface area contributed by atoms with E-state index >= 15 is 0 Å². The van der Waals surface area contributed by atoms with Crippen molar-refractivity contribution in [3.05, 3.63) is 0 Å². The predicted octanol–water partition coefficient (Wildman–Crippen LogP) is 1.55. The van der Waals surface area contributed by atoms with Gasteiger partial charge in [-0.15, -0.1) is 0 Å². The smallest absolute Gasteiger partial charge is 0.0642 e. The second kappa shape index (κ2) is 3.11. The molecular formula is C9H19NO. The summed E-state index contributed by atoms with van der Waals surface area (Å²) in [7, 11) is 0. The van der Waals surface area contributed by atoms with Crippen molar-refractivity contribution in [1.29, 1.82) is 0 Å². The highest BCUT2D eigenvalue weighted by Crippen LogP contribution is 2.19. The Hall–Kier alpha value is -0.0800. The first-order valence-corrected chi connectivity index (χ1v) is 4.39. The van der Waals surface area contributed by atoms with Crippen molar-refractivity contribution in [2.75, 3.05) is 6.61 Å². The van der Waals surface area contributed by atoms with Crippen molar-refractivity contribution in [2.45, 2.75) is 51.8 Å². The third-order valence-electron chi connectivity index (χ3n) is 2.09. The van der Waals surface area contributed by atoms with E-state index in [9.17, 15) is 0 Å². The molecule has 66 valence electrons. The highest BCUT2D eigenvalue weighted by atomic mass is 16.5. The minimum absolute atomic E-state index is 0.0528. The first-order chi connectivity index (χ1) is 4.99. The van der Waals surface area contributed by atoms with Gasteiger partial charge in [-0.05, 0) is 34.1 Å². The van der Waals surface area contributed by atoms with Crippen LogP contribution in [0.25, 0.3) is 0 Å². The standard InChI is InChI=1S/C9H19NO/c1-7-5-9(3,4)11-6-8(2)10-7/h7-8,10H,5-6H2,1-4H3. The Morgan fingerprint density at radius 1 is 1.27 bits per heavy atom. The van der Waals surface area contributed by atoms with Crippen LogP contribution in [0.3, 0.4) is 0 Å². The van der Waals surface area contributed by atoms with Crippen molar-refractivity contribution in [3.63, 3.8) is 0 Å². The van der Waals surface area contributed by atoms with E-state index in [1.165, 1.54) is 0 Å². The second-order valence-electron chi connectivity index (χ2n) is 4.24. The number of hydrogen-bond donors (Lipinski definition) is 1. The van der Waals surface area contributed by atoms with E-state index in [2.05, 4.69) is 33.0 Å². The third kappa shape index (κ3) is 2.80. The lowest BCUT2D eigenvalue weighted by molar-refractivity contribution is -0.0175. The molecule has 0 bridgehead atoms. The van der Waals surface area contributed by atoms with Gasteiger partial charge in [-0.1, -0.05) is 0 Å². The summed E-state index contributed by atoms with van der Waals surface area (Å²) in [6.07, 6.45) is 1.09. The highest BCUT2D eigenvalue weighted by molar-refractivity contribution is 4.81. The Kier molecular flexibility index (Phi) is 2.55. The van der Waals surface area contributed by atoms with Gasteiger partial charge in [-0.25, -0.2) is 0 Å². The molecule has 2 atom stereocenters. The minimum Gasteiger partial charge on any atom is -0.374 e. The van der Waals surface area contributed by atoms with Gasteiger partial charge in [0.15, 0.2) is 0 Å². The fraction of sp³-hybridized carbons (Fsp3) is 1.00. The molecule has 1 aliphatic heterocycles. The largest absolute Gasteiger partial charge is 0.374 e. The molecule has 1 N–H and O–H groups in total. The molecule has 0 amide bonds.